The fourth-order valence-corrected chi connectivity index (χ4v) is 3.20. The van der Waals surface area contributed by atoms with Crippen molar-refractivity contribution in [3.63, 3.8) is 0 Å². The van der Waals surface area contributed by atoms with Crippen LogP contribution in [-0.2, 0) is 17.8 Å². The summed E-state index contributed by atoms with van der Waals surface area (Å²) in [6, 6.07) is 5.96. The van der Waals surface area contributed by atoms with Crippen molar-refractivity contribution in [2.45, 2.75) is 20.0 Å². The molecule has 2 heterocycles. The number of nitrogens with zero attached hydrogens (tertiary/aromatic N) is 3. The van der Waals surface area contributed by atoms with E-state index in [-0.39, 0.29) is 17.7 Å². The molecule has 0 unspecified atom stereocenters. The van der Waals surface area contributed by atoms with Crippen LogP contribution in [-0.4, -0.2) is 27.7 Å². The summed E-state index contributed by atoms with van der Waals surface area (Å²) in [7, 11) is 1.45. The third-order valence-electron chi connectivity index (χ3n) is 3.37. The number of fused-ring (bicyclic) bond motifs is 1. The van der Waals surface area contributed by atoms with Gasteiger partial charge in [-0.2, -0.15) is 9.61 Å². The molecular formula is C16H14ClN3O4S. The summed E-state index contributed by atoms with van der Waals surface area (Å²) in [4.78, 5) is 29.1. The van der Waals surface area contributed by atoms with Gasteiger partial charge >= 0.3 is 5.97 Å². The molecule has 0 spiro atoms. The van der Waals surface area contributed by atoms with E-state index in [0.717, 1.165) is 5.01 Å². The Morgan fingerprint density at radius 2 is 2.16 bits per heavy atom. The minimum Gasteiger partial charge on any atom is -0.496 e. The number of benzene rings is 1. The number of rotatable bonds is 5. The van der Waals surface area contributed by atoms with Crippen LogP contribution in [0.4, 0.5) is 0 Å². The molecule has 2 aromatic heterocycles. The van der Waals surface area contributed by atoms with Gasteiger partial charge in [0.05, 0.1) is 12.8 Å². The Labute approximate surface area is 151 Å². The van der Waals surface area contributed by atoms with Gasteiger partial charge in [0, 0.05) is 11.1 Å². The van der Waals surface area contributed by atoms with Gasteiger partial charge in [-0.05, 0) is 24.6 Å². The van der Waals surface area contributed by atoms with Crippen molar-refractivity contribution in [1.82, 2.24) is 14.6 Å². The van der Waals surface area contributed by atoms with E-state index in [4.69, 9.17) is 21.1 Å². The van der Waals surface area contributed by atoms with E-state index in [2.05, 4.69) is 10.1 Å². The molecule has 0 aliphatic carbocycles. The number of ether oxygens (including phenoxy) is 2. The zero-order chi connectivity index (χ0) is 18.0. The van der Waals surface area contributed by atoms with Crippen molar-refractivity contribution in [3.8, 4) is 5.75 Å². The molecule has 0 saturated carbocycles. The van der Waals surface area contributed by atoms with Gasteiger partial charge in [0.15, 0.2) is 0 Å². The van der Waals surface area contributed by atoms with Crippen molar-refractivity contribution in [2.24, 2.45) is 0 Å². The zero-order valence-electron chi connectivity index (χ0n) is 13.5. The summed E-state index contributed by atoms with van der Waals surface area (Å²) >= 11 is 7.24. The summed E-state index contributed by atoms with van der Waals surface area (Å²) in [6.07, 6.45) is 0.715. The Kier molecular flexibility index (Phi) is 5.00. The minimum atomic E-state index is -0.611. The molecule has 3 aromatic rings. The van der Waals surface area contributed by atoms with Gasteiger partial charge in [-0.15, -0.1) is 0 Å². The predicted octanol–water partition coefficient (Wildman–Crippen LogP) is 2.73. The van der Waals surface area contributed by atoms with Crippen LogP contribution in [0.3, 0.4) is 0 Å². The highest BCUT2D eigenvalue weighted by Crippen LogP contribution is 2.23. The Hall–Kier alpha value is -2.45. The van der Waals surface area contributed by atoms with Gasteiger partial charge < -0.3 is 9.47 Å². The largest absolute Gasteiger partial charge is 0.496 e. The molecule has 0 radical (unpaired) electrons. The number of halogens is 1. The second-order valence-corrected chi connectivity index (χ2v) is 6.53. The summed E-state index contributed by atoms with van der Waals surface area (Å²) < 4.78 is 11.6. The maximum absolute atomic E-state index is 12.3. The van der Waals surface area contributed by atoms with Crippen LogP contribution >= 0.6 is 22.9 Å². The fraction of sp³-hybridized carbons (Fsp3) is 0.250. The van der Waals surface area contributed by atoms with Gasteiger partial charge in [-0.3, -0.25) is 4.79 Å². The lowest BCUT2D eigenvalue weighted by Gasteiger charge is -2.09. The first-order valence-corrected chi connectivity index (χ1v) is 8.60. The van der Waals surface area contributed by atoms with Gasteiger partial charge in [-0.1, -0.05) is 29.9 Å². The Morgan fingerprint density at radius 3 is 2.88 bits per heavy atom. The molecule has 25 heavy (non-hydrogen) atoms. The molecular weight excluding hydrogens is 366 g/mol. The summed E-state index contributed by atoms with van der Waals surface area (Å²) in [5, 5.41) is 5.37. The minimum absolute atomic E-state index is 0.139. The Morgan fingerprint density at radius 1 is 1.36 bits per heavy atom. The lowest BCUT2D eigenvalue weighted by Crippen LogP contribution is -2.16. The quantitative estimate of drug-likeness (QED) is 0.634. The fourth-order valence-electron chi connectivity index (χ4n) is 2.17. The van der Waals surface area contributed by atoms with Gasteiger partial charge in [0.1, 0.15) is 22.9 Å². The topological polar surface area (TPSA) is 82.8 Å². The third kappa shape index (κ3) is 3.64. The Bertz CT molecular complexity index is 999. The van der Waals surface area contributed by atoms with Crippen molar-refractivity contribution in [3.05, 3.63) is 55.9 Å². The summed E-state index contributed by atoms with van der Waals surface area (Å²) in [6.45, 7) is 1.81. The van der Waals surface area contributed by atoms with E-state index in [0.29, 0.717) is 27.8 Å². The Balaban J connectivity index is 1.82. The molecule has 0 fully saturated rings. The van der Waals surface area contributed by atoms with E-state index in [1.54, 1.807) is 12.1 Å². The average molecular weight is 380 g/mol. The molecule has 7 nitrogen and oxygen atoms in total. The number of esters is 1. The van der Waals surface area contributed by atoms with Crippen LogP contribution in [0.5, 0.6) is 5.75 Å². The molecule has 3 rings (SSSR count). The van der Waals surface area contributed by atoms with E-state index >= 15 is 0 Å². The number of carbonyl (C=O) groups is 1. The summed E-state index contributed by atoms with van der Waals surface area (Å²) in [5.41, 5.74) is 0.247. The van der Waals surface area contributed by atoms with Crippen LogP contribution < -0.4 is 10.3 Å². The highest BCUT2D eigenvalue weighted by atomic mass is 35.5. The number of methoxy groups -OCH3 is 1. The maximum atomic E-state index is 12.3. The molecule has 0 aliphatic heterocycles. The highest BCUT2D eigenvalue weighted by Gasteiger charge is 2.16. The second kappa shape index (κ2) is 7.20. The molecule has 0 bridgehead atoms. The van der Waals surface area contributed by atoms with E-state index < -0.39 is 5.97 Å². The highest BCUT2D eigenvalue weighted by molar-refractivity contribution is 7.16. The average Bonchev–Trinajstić information content (AvgIpc) is 3.03. The number of carbonyl (C=O) groups excluding carboxylic acids is 1. The van der Waals surface area contributed by atoms with Gasteiger partial charge in [-0.25, -0.2) is 9.78 Å². The number of hydrogen-bond donors (Lipinski definition) is 0. The SMILES string of the molecule is CCc1nn2c(=O)cc(COC(=O)c3cc(Cl)ccc3OC)nc2s1. The normalized spacial score (nSPS) is 10.8. The smallest absolute Gasteiger partial charge is 0.342 e. The van der Waals surface area contributed by atoms with E-state index in [1.165, 1.54) is 35.1 Å². The van der Waals surface area contributed by atoms with Crippen LogP contribution in [0.1, 0.15) is 28.0 Å². The van der Waals surface area contributed by atoms with Gasteiger partial charge in [0.2, 0.25) is 4.96 Å². The van der Waals surface area contributed by atoms with Crippen LogP contribution in [0.15, 0.2) is 29.1 Å². The predicted molar refractivity (Wildman–Crippen MR) is 93.6 cm³/mol. The van der Waals surface area contributed by atoms with Crippen molar-refractivity contribution >= 4 is 33.9 Å². The first-order valence-electron chi connectivity index (χ1n) is 7.41. The van der Waals surface area contributed by atoms with Crippen LogP contribution in [0, 0.1) is 0 Å². The van der Waals surface area contributed by atoms with E-state index in [9.17, 15) is 9.59 Å². The number of hydrogen-bond acceptors (Lipinski definition) is 7. The molecule has 1 aromatic carbocycles. The maximum Gasteiger partial charge on any atom is 0.342 e. The van der Waals surface area contributed by atoms with Crippen molar-refractivity contribution in [2.75, 3.05) is 7.11 Å². The summed E-state index contributed by atoms with van der Waals surface area (Å²) in [5.74, 6) is -0.257. The molecule has 0 saturated heterocycles. The van der Waals surface area contributed by atoms with Crippen molar-refractivity contribution in [1.29, 1.82) is 0 Å². The van der Waals surface area contributed by atoms with Gasteiger partial charge in [0.25, 0.3) is 5.56 Å². The monoisotopic (exact) mass is 379 g/mol. The van der Waals surface area contributed by atoms with E-state index in [1.807, 2.05) is 6.92 Å². The molecule has 130 valence electrons. The van der Waals surface area contributed by atoms with Crippen LogP contribution in [0.2, 0.25) is 5.02 Å². The number of aromatic nitrogens is 3. The molecule has 0 N–H and O–H groups in total. The molecule has 9 heteroatoms. The van der Waals surface area contributed by atoms with Crippen molar-refractivity contribution < 1.29 is 14.3 Å². The second-order valence-electron chi connectivity index (χ2n) is 5.05. The molecule has 0 amide bonds. The lowest BCUT2D eigenvalue weighted by atomic mass is 10.2. The third-order valence-corrected chi connectivity index (χ3v) is 4.66. The zero-order valence-corrected chi connectivity index (χ0v) is 15.1. The van der Waals surface area contributed by atoms with Crippen LogP contribution in [0.25, 0.3) is 4.96 Å². The first-order chi connectivity index (χ1) is 12.0. The standard InChI is InChI=1S/C16H14ClN3O4S/c1-3-13-19-20-14(21)7-10(18-16(20)25-13)8-24-15(22)11-6-9(17)4-5-12(11)23-2/h4-7H,3,8H2,1-2H3. The lowest BCUT2D eigenvalue weighted by molar-refractivity contribution is 0.0464. The number of aryl methyl sites for hydroxylation is 1. The first kappa shape index (κ1) is 17.4. The molecule has 0 aliphatic rings. The molecule has 0 atom stereocenters.